The molecule has 1 aromatic carbocycles. The molecule has 10 heteroatoms. The van der Waals surface area contributed by atoms with Crippen molar-refractivity contribution in [3.63, 3.8) is 0 Å². The molecule has 2 heterocycles. The third-order valence-electron chi connectivity index (χ3n) is 4.06. The fourth-order valence-electron chi connectivity index (χ4n) is 2.65. The molecule has 2 aromatic heterocycles. The number of H-pyrrole nitrogens is 1. The van der Waals surface area contributed by atoms with Crippen LogP contribution in [0.5, 0.6) is 0 Å². The monoisotopic (exact) mass is 418 g/mol. The van der Waals surface area contributed by atoms with Gasteiger partial charge in [0.2, 0.25) is 0 Å². The number of hydrogen-bond acceptors (Lipinski definition) is 6. The number of anilines is 2. The van der Waals surface area contributed by atoms with E-state index < -0.39 is 17.2 Å². The van der Waals surface area contributed by atoms with Crippen LogP contribution in [0.4, 0.5) is 11.5 Å². The van der Waals surface area contributed by atoms with Gasteiger partial charge in [-0.2, -0.15) is 0 Å². The Kier molecular flexibility index (Phi) is 6.53. The molecule has 0 spiro atoms. The predicted octanol–water partition coefficient (Wildman–Crippen LogP) is 2.29. The zero-order valence-corrected chi connectivity index (χ0v) is 16.3. The normalized spacial score (nSPS) is 10.7. The van der Waals surface area contributed by atoms with E-state index in [4.69, 9.17) is 20.8 Å². The largest absolute Gasteiger partial charge is 0.440 e. The van der Waals surface area contributed by atoms with Gasteiger partial charge in [-0.15, -0.1) is 0 Å². The van der Waals surface area contributed by atoms with Crippen LogP contribution in [0.25, 0.3) is 0 Å². The average Bonchev–Trinajstić information content (AvgIpc) is 3.14. The second-order valence-corrected chi connectivity index (χ2v) is 6.40. The number of methoxy groups -OCH3 is 1. The molecule has 29 heavy (non-hydrogen) atoms. The molecule has 3 rings (SSSR count). The number of aromatic nitrogens is 2. The Morgan fingerprint density at radius 2 is 1.97 bits per heavy atom. The van der Waals surface area contributed by atoms with Gasteiger partial charge in [-0.25, -0.2) is 4.79 Å². The predicted molar refractivity (Wildman–Crippen MR) is 109 cm³/mol. The Morgan fingerprint density at radius 3 is 2.62 bits per heavy atom. The lowest BCUT2D eigenvalue weighted by molar-refractivity contribution is 0.0995. The van der Waals surface area contributed by atoms with Crippen LogP contribution in [0.2, 0.25) is 5.22 Å². The number of benzene rings is 1. The van der Waals surface area contributed by atoms with Crippen molar-refractivity contribution in [2.45, 2.75) is 13.1 Å². The summed E-state index contributed by atoms with van der Waals surface area (Å²) in [5.74, 6) is -0.713. The molecule has 152 valence electrons. The molecule has 0 aliphatic carbocycles. The summed E-state index contributed by atoms with van der Waals surface area (Å²) >= 11 is 5.72. The average molecular weight is 419 g/mol. The second kappa shape index (κ2) is 9.26. The fraction of sp³-hybridized carbons (Fsp3) is 0.211. The number of hydrogen-bond donors (Lipinski definition) is 3. The molecule has 0 aliphatic heterocycles. The van der Waals surface area contributed by atoms with E-state index in [-0.39, 0.29) is 35.6 Å². The summed E-state index contributed by atoms with van der Waals surface area (Å²) in [4.78, 5) is 39.6. The van der Waals surface area contributed by atoms with E-state index >= 15 is 0 Å². The second-order valence-electron chi connectivity index (χ2n) is 6.02. The Morgan fingerprint density at radius 1 is 1.21 bits per heavy atom. The van der Waals surface area contributed by atoms with E-state index in [1.807, 2.05) is 30.3 Å². The number of carbonyl (C=O) groups is 1. The van der Waals surface area contributed by atoms with Gasteiger partial charge in [0.1, 0.15) is 11.5 Å². The molecule has 9 nitrogen and oxygen atoms in total. The Labute approximate surface area is 170 Å². The molecule has 0 saturated heterocycles. The minimum absolute atomic E-state index is 0.00394. The van der Waals surface area contributed by atoms with Crippen LogP contribution in [0.3, 0.4) is 0 Å². The number of rotatable bonds is 8. The molecule has 3 N–H and O–H groups in total. The van der Waals surface area contributed by atoms with Crippen molar-refractivity contribution >= 4 is 29.0 Å². The van der Waals surface area contributed by atoms with Gasteiger partial charge in [0.25, 0.3) is 11.5 Å². The highest BCUT2D eigenvalue weighted by Crippen LogP contribution is 2.19. The molecule has 0 saturated carbocycles. The highest BCUT2D eigenvalue weighted by molar-refractivity contribution is 6.29. The maximum absolute atomic E-state index is 12.6. The lowest BCUT2D eigenvalue weighted by atomic mass is 10.2. The first kappa shape index (κ1) is 20.4. The Bertz CT molecular complexity index is 1100. The van der Waals surface area contributed by atoms with Gasteiger partial charge in [-0.3, -0.25) is 19.1 Å². The highest BCUT2D eigenvalue weighted by Gasteiger charge is 2.20. The Balaban J connectivity index is 1.99. The minimum atomic E-state index is -0.676. The van der Waals surface area contributed by atoms with Crippen molar-refractivity contribution in [1.82, 2.24) is 9.55 Å². The van der Waals surface area contributed by atoms with Crippen molar-refractivity contribution in [3.05, 3.63) is 79.8 Å². The lowest BCUT2D eigenvalue weighted by Crippen LogP contribution is -2.36. The van der Waals surface area contributed by atoms with Crippen molar-refractivity contribution in [3.8, 4) is 0 Å². The first-order valence-electron chi connectivity index (χ1n) is 8.70. The van der Waals surface area contributed by atoms with Gasteiger partial charge < -0.3 is 19.8 Å². The summed E-state index contributed by atoms with van der Waals surface area (Å²) in [7, 11) is 1.48. The lowest BCUT2D eigenvalue weighted by Gasteiger charge is -2.17. The zero-order chi connectivity index (χ0) is 20.8. The number of amides is 1. The number of carbonyl (C=O) groups excluding carboxylic acids is 1. The summed E-state index contributed by atoms with van der Waals surface area (Å²) in [5.41, 5.74) is -0.385. The van der Waals surface area contributed by atoms with Crippen molar-refractivity contribution in [2.24, 2.45) is 0 Å². The number of halogens is 1. The summed E-state index contributed by atoms with van der Waals surface area (Å²) in [5, 5.41) is 5.60. The fourth-order valence-corrected chi connectivity index (χ4v) is 2.80. The standard InChI is InChI=1S/C19H19ClN4O5/c1-28-10-9-24-16(22-17(25)13-7-8-14(20)29-13)15(18(26)23-19(24)27)21-11-12-5-3-2-4-6-12/h2-8,21H,9-11H2,1H3,(H,22,25)(H,23,26,27). The number of nitrogens with one attached hydrogen (secondary N) is 3. The minimum Gasteiger partial charge on any atom is -0.440 e. The molecule has 0 unspecified atom stereocenters. The van der Waals surface area contributed by atoms with Crippen molar-refractivity contribution in [2.75, 3.05) is 24.4 Å². The maximum atomic E-state index is 12.6. The third-order valence-corrected chi connectivity index (χ3v) is 4.26. The zero-order valence-electron chi connectivity index (χ0n) is 15.5. The van der Waals surface area contributed by atoms with E-state index in [2.05, 4.69) is 15.6 Å². The van der Waals surface area contributed by atoms with Gasteiger partial charge in [-0.05, 0) is 29.3 Å². The number of aromatic amines is 1. The van der Waals surface area contributed by atoms with Gasteiger partial charge in [-0.1, -0.05) is 30.3 Å². The first-order valence-corrected chi connectivity index (χ1v) is 9.08. The molecule has 0 fully saturated rings. The van der Waals surface area contributed by atoms with Crippen LogP contribution >= 0.6 is 11.6 Å². The molecule has 0 radical (unpaired) electrons. The smallest absolute Gasteiger partial charge is 0.330 e. The van der Waals surface area contributed by atoms with Gasteiger partial charge >= 0.3 is 5.69 Å². The van der Waals surface area contributed by atoms with Crippen LogP contribution < -0.4 is 21.9 Å². The Hall–Kier alpha value is -3.30. The quantitative estimate of drug-likeness (QED) is 0.516. The molecule has 0 aliphatic rings. The third kappa shape index (κ3) is 4.95. The van der Waals surface area contributed by atoms with Crippen LogP contribution in [-0.4, -0.2) is 29.2 Å². The van der Waals surface area contributed by atoms with E-state index in [9.17, 15) is 14.4 Å². The van der Waals surface area contributed by atoms with Crippen LogP contribution in [-0.2, 0) is 17.8 Å². The summed E-state index contributed by atoms with van der Waals surface area (Å²) < 4.78 is 11.3. The highest BCUT2D eigenvalue weighted by atomic mass is 35.5. The SMILES string of the molecule is COCCn1c(NC(=O)c2ccc(Cl)o2)c(NCc2ccccc2)c(=O)[nH]c1=O. The molecular formula is C19H19ClN4O5. The van der Waals surface area contributed by atoms with Gasteiger partial charge in [0, 0.05) is 13.7 Å². The van der Waals surface area contributed by atoms with Crippen LogP contribution in [0, 0.1) is 0 Å². The summed E-state index contributed by atoms with van der Waals surface area (Å²) in [6, 6.07) is 12.2. The van der Waals surface area contributed by atoms with Crippen molar-refractivity contribution < 1.29 is 13.9 Å². The molecular weight excluding hydrogens is 400 g/mol. The molecule has 0 atom stereocenters. The number of furan rings is 1. The molecule has 3 aromatic rings. The summed E-state index contributed by atoms with van der Waals surface area (Å²) in [6.45, 7) is 0.613. The van der Waals surface area contributed by atoms with E-state index in [0.29, 0.717) is 6.54 Å². The molecule has 0 bridgehead atoms. The topological polar surface area (TPSA) is 118 Å². The van der Waals surface area contributed by atoms with E-state index in [1.54, 1.807) is 0 Å². The molecule has 1 amide bonds. The summed E-state index contributed by atoms with van der Waals surface area (Å²) in [6.07, 6.45) is 0. The van der Waals surface area contributed by atoms with Crippen LogP contribution in [0.15, 0.2) is 56.5 Å². The van der Waals surface area contributed by atoms with Crippen LogP contribution in [0.1, 0.15) is 16.1 Å². The van der Waals surface area contributed by atoms with E-state index in [0.717, 1.165) is 5.56 Å². The van der Waals surface area contributed by atoms with Gasteiger partial charge in [0.05, 0.1) is 13.2 Å². The maximum Gasteiger partial charge on any atom is 0.330 e. The number of ether oxygens (including phenoxy) is 1. The number of nitrogens with zero attached hydrogens (tertiary/aromatic N) is 1. The first-order chi connectivity index (χ1) is 14.0. The van der Waals surface area contributed by atoms with Gasteiger partial charge in [0.15, 0.2) is 11.0 Å². The van der Waals surface area contributed by atoms with Crippen molar-refractivity contribution in [1.29, 1.82) is 0 Å². The van der Waals surface area contributed by atoms with E-state index in [1.165, 1.54) is 23.8 Å².